The molecular formula is C28H30N2O6. The topological polar surface area (TPSA) is 93.2 Å². The highest BCUT2D eigenvalue weighted by atomic mass is 16.5. The molecule has 0 bridgehead atoms. The number of ether oxygens (including phenoxy) is 2. The Balaban J connectivity index is 1.62. The zero-order chi connectivity index (χ0) is 25.8. The number of imide groups is 1. The Labute approximate surface area is 210 Å². The van der Waals surface area contributed by atoms with Crippen LogP contribution in [0, 0.1) is 11.8 Å². The van der Waals surface area contributed by atoms with Crippen LogP contribution in [0.3, 0.4) is 0 Å². The summed E-state index contributed by atoms with van der Waals surface area (Å²) in [4.78, 5) is 54.9. The van der Waals surface area contributed by atoms with Gasteiger partial charge in [0, 0.05) is 24.2 Å². The second-order valence-electron chi connectivity index (χ2n) is 9.84. The molecule has 2 amide bonds. The molecule has 8 nitrogen and oxygen atoms in total. The van der Waals surface area contributed by atoms with Crippen molar-refractivity contribution in [3.8, 4) is 16.9 Å². The Morgan fingerprint density at radius 1 is 1.00 bits per heavy atom. The fraction of sp³-hybridized carbons (Fsp3) is 0.429. The molecule has 4 atom stereocenters. The molecule has 36 heavy (non-hydrogen) atoms. The van der Waals surface area contributed by atoms with Gasteiger partial charge in [-0.2, -0.15) is 0 Å². The molecule has 3 aliphatic heterocycles. The van der Waals surface area contributed by atoms with Crippen molar-refractivity contribution in [2.24, 2.45) is 11.8 Å². The van der Waals surface area contributed by atoms with E-state index in [2.05, 4.69) is 0 Å². The summed E-state index contributed by atoms with van der Waals surface area (Å²) in [5.41, 5.74) is 2.02. The Bertz CT molecular complexity index is 1260. The minimum atomic E-state index is -1.16. The zero-order valence-corrected chi connectivity index (χ0v) is 20.9. The lowest BCUT2D eigenvalue weighted by atomic mass is 9.75. The molecule has 8 heteroatoms. The fourth-order valence-corrected chi connectivity index (χ4v) is 6.52. The lowest BCUT2D eigenvalue weighted by Crippen LogP contribution is -2.59. The van der Waals surface area contributed by atoms with Gasteiger partial charge in [-0.15, -0.1) is 0 Å². The van der Waals surface area contributed by atoms with E-state index in [-0.39, 0.29) is 17.6 Å². The van der Waals surface area contributed by atoms with E-state index in [1.807, 2.05) is 35.2 Å². The molecule has 5 rings (SSSR count). The molecule has 0 aliphatic carbocycles. The summed E-state index contributed by atoms with van der Waals surface area (Å²) in [6, 6.07) is 12.6. The third-order valence-corrected chi connectivity index (χ3v) is 8.19. The largest absolute Gasteiger partial charge is 0.496 e. The number of Topliss-reactive ketones (excluding diaryl/α,β-unsaturated/α-hetero) is 1. The van der Waals surface area contributed by atoms with Gasteiger partial charge in [-0.1, -0.05) is 36.4 Å². The maximum atomic E-state index is 13.4. The van der Waals surface area contributed by atoms with E-state index >= 15 is 0 Å². The molecule has 0 aromatic heterocycles. The van der Waals surface area contributed by atoms with Crippen molar-refractivity contribution >= 4 is 23.6 Å². The Morgan fingerprint density at radius 2 is 1.72 bits per heavy atom. The number of likely N-dealkylation sites (tertiary alicyclic amines) is 1. The van der Waals surface area contributed by atoms with Gasteiger partial charge in [-0.05, 0) is 49.9 Å². The first-order valence-corrected chi connectivity index (χ1v) is 12.2. The van der Waals surface area contributed by atoms with Crippen molar-refractivity contribution in [1.29, 1.82) is 0 Å². The molecular weight excluding hydrogens is 460 g/mol. The van der Waals surface area contributed by atoms with E-state index in [0.717, 1.165) is 29.5 Å². The van der Waals surface area contributed by atoms with Crippen molar-refractivity contribution in [2.45, 2.75) is 37.8 Å². The number of esters is 1. The van der Waals surface area contributed by atoms with Crippen LogP contribution in [0.25, 0.3) is 11.1 Å². The number of hydrogen-bond donors (Lipinski definition) is 0. The molecule has 2 aromatic rings. The van der Waals surface area contributed by atoms with Gasteiger partial charge in [0.05, 0.1) is 26.1 Å². The number of fused-ring (bicyclic) bond motifs is 3. The summed E-state index contributed by atoms with van der Waals surface area (Å²) in [5, 5.41) is 0. The standard InChI is InChI=1S/C28H30N2O6/c1-16(31)17-7-9-18(10-8-17)20-12-11-19(15-21(20)35-3)24-22-23(26(33)29(2)25(22)32)28(27(34)36-4)13-5-6-14-30(24)28/h7-12,15,22-24H,5-6,13-14H2,1-4H3/t22?,23?,24?,28-/m0/s1. The van der Waals surface area contributed by atoms with E-state index in [1.165, 1.54) is 26.0 Å². The lowest BCUT2D eigenvalue weighted by Gasteiger charge is -2.44. The average molecular weight is 491 g/mol. The van der Waals surface area contributed by atoms with Gasteiger partial charge < -0.3 is 9.47 Å². The number of hydrogen-bond acceptors (Lipinski definition) is 7. The average Bonchev–Trinajstić information content (AvgIpc) is 3.33. The van der Waals surface area contributed by atoms with Crippen LogP contribution in [0.1, 0.15) is 48.1 Å². The molecule has 3 fully saturated rings. The maximum absolute atomic E-state index is 13.4. The van der Waals surface area contributed by atoms with Crippen LogP contribution < -0.4 is 4.74 Å². The minimum Gasteiger partial charge on any atom is -0.496 e. The van der Waals surface area contributed by atoms with E-state index in [9.17, 15) is 19.2 Å². The molecule has 0 radical (unpaired) electrons. The summed E-state index contributed by atoms with van der Waals surface area (Å²) in [7, 11) is 4.42. The monoisotopic (exact) mass is 490 g/mol. The molecule has 0 spiro atoms. The summed E-state index contributed by atoms with van der Waals surface area (Å²) in [5.74, 6) is -1.89. The highest BCUT2D eigenvalue weighted by Crippen LogP contribution is 2.58. The first-order valence-electron chi connectivity index (χ1n) is 12.2. The van der Waals surface area contributed by atoms with Crippen LogP contribution >= 0.6 is 0 Å². The predicted octanol–water partition coefficient (Wildman–Crippen LogP) is 3.25. The summed E-state index contributed by atoms with van der Waals surface area (Å²) in [6.45, 7) is 2.12. The SMILES string of the molecule is COC(=O)[C@@]12CCCCN1C(c1ccc(-c3ccc(C(C)=O)cc3)c(OC)c1)C1C(=O)N(C)C(=O)C12. The third-order valence-electron chi connectivity index (χ3n) is 8.19. The second-order valence-corrected chi connectivity index (χ2v) is 9.84. The van der Waals surface area contributed by atoms with Crippen LogP contribution in [0.5, 0.6) is 5.75 Å². The molecule has 3 unspecified atom stereocenters. The van der Waals surface area contributed by atoms with Crippen molar-refractivity contribution < 1.29 is 28.7 Å². The third kappa shape index (κ3) is 3.31. The number of ketones is 1. The first kappa shape index (κ1) is 24.2. The van der Waals surface area contributed by atoms with Gasteiger partial charge in [0.2, 0.25) is 11.8 Å². The van der Waals surface area contributed by atoms with Gasteiger partial charge in [0.1, 0.15) is 11.3 Å². The van der Waals surface area contributed by atoms with Gasteiger partial charge in [-0.3, -0.25) is 29.0 Å². The normalized spacial score (nSPS) is 27.6. The maximum Gasteiger partial charge on any atom is 0.327 e. The van der Waals surface area contributed by atoms with Gasteiger partial charge in [0.15, 0.2) is 5.78 Å². The molecule has 3 saturated heterocycles. The number of benzene rings is 2. The second kappa shape index (κ2) is 8.85. The molecule has 3 aliphatic rings. The summed E-state index contributed by atoms with van der Waals surface area (Å²) < 4.78 is 11.0. The summed E-state index contributed by atoms with van der Waals surface area (Å²) in [6.07, 6.45) is 2.12. The van der Waals surface area contributed by atoms with Gasteiger partial charge in [-0.25, -0.2) is 0 Å². The first-order chi connectivity index (χ1) is 17.3. The van der Waals surface area contributed by atoms with Gasteiger partial charge in [0.25, 0.3) is 0 Å². The van der Waals surface area contributed by atoms with Crippen molar-refractivity contribution in [1.82, 2.24) is 9.80 Å². The van der Waals surface area contributed by atoms with Crippen molar-refractivity contribution in [3.63, 3.8) is 0 Å². The zero-order valence-electron chi connectivity index (χ0n) is 20.9. The Hall–Kier alpha value is -3.52. The number of piperidine rings is 1. The summed E-state index contributed by atoms with van der Waals surface area (Å²) >= 11 is 0. The fourth-order valence-electron chi connectivity index (χ4n) is 6.52. The Kier molecular flexibility index (Phi) is 5.95. The molecule has 0 N–H and O–H groups in total. The lowest BCUT2D eigenvalue weighted by molar-refractivity contribution is -0.163. The smallest absolute Gasteiger partial charge is 0.327 e. The number of methoxy groups -OCH3 is 2. The van der Waals surface area contributed by atoms with E-state index in [4.69, 9.17) is 9.47 Å². The molecule has 3 heterocycles. The van der Waals surface area contributed by atoms with Crippen LogP contribution in [0.4, 0.5) is 0 Å². The highest BCUT2D eigenvalue weighted by molar-refractivity contribution is 6.09. The molecule has 2 aromatic carbocycles. The van der Waals surface area contributed by atoms with E-state index in [1.54, 1.807) is 19.2 Å². The highest BCUT2D eigenvalue weighted by Gasteiger charge is 2.72. The number of nitrogens with zero attached hydrogens (tertiary/aromatic N) is 2. The van der Waals surface area contributed by atoms with Gasteiger partial charge >= 0.3 is 5.97 Å². The van der Waals surface area contributed by atoms with Crippen LogP contribution in [-0.4, -0.2) is 66.7 Å². The van der Waals surface area contributed by atoms with Crippen LogP contribution in [-0.2, 0) is 19.1 Å². The number of carbonyl (C=O) groups excluding carboxylic acids is 4. The van der Waals surface area contributed by atoms with Crippen LogP contribution in [0.15, 0.2) is 42.5 Å². The number of amides is 2. The van der Waals surface area contributed by atoms with E-state index < -0.39 is 29.4 Å². The van der Waals surface area contributed by atoms with Crippen molar-refractivity contribution in [3.05, 3.63) is 53.6 Å². The number of rotatable bonds is 5. The van der Waals surface area contributed by atoms with Crippen LogP contribution in [0.2, 0.25) is 0 Å². The predicted molar refractivity (Wildman–Crippen MR) is 131 cm³/mol. The molecule has 188 valence electrons. The number of carbonyl (C=O) groups is 4. The van der Waals surface area contributed by atoms with E-state index in [0.29, 0.717) is 24.3 Å². The minimum absolute atomic E-state index is 0.00369. The quantitative estimate of drug-likeness (QED) is 0.361. The Morgan fingerprint density at radius 3 is 2.36 bits per heavy atom. The van der Waals surface area contributed by atoms with Crippen molar-refractivity contribution in [2.75, 3.05) is 27.8 Å². The molecule has 0 saturated carbocycles.